The molecule has 0 radical (unpaired) electrons. The fourth-order valence-corrected chi connectivity index (χ4v) is 0.977. The molecule has 0 saturated heterocycles. The van der Waals surface area contributed by atoms with Gasteiger partial charge in [0, 0.05) is 13.5 Å². The van der Waals surface area contributed by atoms with Gasteiger partial charge in [0.15, 0.2) is 0 Å². The molecule has 1 atom stereocenters. The Labute approximate surface area is 94.2 Å². The third kappa shape index (κ3) is 4.77. The quantitative estimate of drug-likeness (QED) is 0.726. The summed E-state index contributed by atoms with van der Waals surface area (Å²) >= 11 is 0. The van der Waals surface area contributed by atoms with Crippen molar-refractivity contribution in [3.8, 4) is 0 Å². The van der Waals surface area contributed by atoms with Crippen molar-refractivity contribution in [2.24, 2.45) is 0 Å². The highest BCUT2D eigenvalue weighted by Gasteiger charge is 2.29. The van der Waals surface area contributed by atoms with Gasteiger partial charge < -0.3 is 14.6 Å². The highest BCUT2D eigenvalue weighted by atomic mass is 16.6. The Morgan fingerprint density at radius 2 is 1.94 bits per heavy atom. The van der Waals surface area contributed by atoms with Crippen LogP contribution in [0.3, 0.4) is 0 Å². The molecule has 0 aromatic carbocycles. The second-order valence-corrected chi connectivity index (χ2v) is 4.35. The topological polar surface area (TPSA) is 83.9 Å². The Balaban J connectivity index is 4.61. The maximum Gasteiger partial charge on any atom is 0.410 e. The Kier molecular flexibility index (Phi) is 4.94. The first-order valence-corrected chi connectivity index (χ1v) is 4.81. The van der Waals surface area contributed by atoms with E-state index in [9.17, 15) is 14.4 Å². The largest absolute Gasteiger partial charge is 0.480 e. The van der Waals surface area contributed by atoms with Crippen LogP contribution in [0.1, 0.15) is 27.2 Å². The Bertz CT molecular complexity index is 281. The summed E-state index contributed by atoms with van der Waals surface area (Å²) in [6, 6.07) is -1.19. The number of nitrogens with zero attached hydrogens (tertiary/aromatic N) is 1. The number of hydrogen-bond acceptors (Lipinski definition) is 4. The number of aliphatic carboxylic acids is 1. The molecule has 0 rings (SSSR count). The molecule has 0 aliphatic rings. The minimum atomic E-state index is -1.24. The van der Waals surface area contributed by atoms with Gasteiger partial charge in [-0.15, -0.1) is 0 Å². The van der Waals surface area contributed by atoms with Crippen LogP contribution < -0.4 is 0 Å². The summed E-state index contributed by atoms with van der Waals surface area (Å²) in [7, 11) is 1.29. The van der Waals surface area contributed by atoms with Crippen LogP contribution in [0.25, 0.3) is 0 Å². The third-order valence-corrected chi connectivity index (χ3v) is 1.75. The molecule has 92 valence electrons. The molecule has 0 aromatic heterocycles. The second-order valence-electron chi connectivity index (χ2n) is 4.35. The maximum atomic E-state index is 11.5. The van der Waals surface area contributed by atoms with Gasteiger partial charge in [-0.1, -0.05) is 0 Å². The molecule has 0 saturated carbocycles. The summed E-state index contributed by atoms with van der Waals surface area (Å²) in [5.41, 5.74) is -0.699. The summed E-state index contributed by atoms with van der Waals surface area (Å²) in [5.74, 6) is -1.24. The predicted molar refractivity (Wildman–Crippen MR) is 56.1 cm³/mol. The lowest BCUT2D eigenvalue weighted by atomic mass is 10.2. The lowest BCUT2D eigenvalue weighted by Gasteiger charge is -2.27. The van der Waals surface area contributed by atoms with Crippen LogP contribution in [-0.2, 0) is 14.3 Å². The van der Waals surface area contributed by atoms with E-state index in [2.05, 4.69) is 0 Å². The molecule has 0 spiro atoms. The highest BCUT2D eigenvalue weighted by Crippen LogP contribution is 2.11. The van der Waals surface area contributed by atoms with Gasteiger partial charge in [-0.2, -0.15) is 0 Å². The van der Waals surface area contributed by atoms with Crippen LogP contribution in [0.2, 0.25) is 0 Å². The maximum absolute atomic E-state index is 11.5. The zero-order valence-corrected chi connectivity index (χ0v) is 9.89. The standard InChI is InChI=1S/C10H17NO5/c1-10(2,3)16-9(15)11(4)7(5-6-12)8(13)14/h6-7H,5H2,1-4H3,(H,13,14)/t7-/m1/s1. The van der Waals surface area contributed by atoms with Crippen molar-refractivity contribution in [3.05, 3.63) is 0 Å². The van der Waals surface area contributed by atoms with Crippen LogP contribution in [0.4, 0.5) is 4.79 Å². The first-order chi connectivity index (χ1) is 7.19. The van der Waals surface area contributed by atoms with E-state index in [-0.39, 0.29) is 6.42 Å². The van der Waals surface area contributed by atoms with E-state index in [0.717, 1.165) is 4.90 Å². The zero-order chi connectivity index (χ0) is 12.9. The van der Waals surface area contributed by atoms with Gasteiger partial charge in [-0.3, -0.25) is 4.90 Å². The number of rotatable bonds is 4. The molecule has 1 amide bonds. The van der Waals surface area contributed by atoms with E-state index >= 15 is 0 Å². The number of likely N-dealkylation sites (N-methyl/N-ethyl adjacent to an activating group) is 1. The minimum Gasteiger partial charge on any atom is -0.480 e. The molecular formula is C10H17NO5. The number of carbonyl (C=O) groups excluding carboxylic acids is 2. The van der Waals surface area contributed by atoms with Crippen molar-refractivity contribution < 1.29 is 24.2 Å². The van der Waals surface area contributed by atoms with Gasteiger partial charge in [-0.05, 0) is 20.8 Å². The number of carboxylic acids is 1. The van der Waals surface area contributed by atoms with Crippen molar-refractivity contribution in [3.63, 3.8) is 0 Å². The van der Waals surface area contributed by atoms with Crippen molar-refractivity contribution >= 4 is 18.3 Å². The molecule has 0 aliphatic heterocycles. The average molecular weight is 231 g/mol. The summed E-state index contributed by atoms with van der Waals surface area (Å²) in [5, 5.41) is 8.81. The summed E-state index contributed by atoms with van der Waals surface area (Å²) in [6.45, 7) is 5.02. The molecule has 16 heavy (non-hydrogen) atoms. The van der Waals surface area contributed by atoms with Crippen LogP contribution in [0, 0.1) is 0 Å². The summed E-state index contributed by atoms with van der Waals surface area (Å²) in [6.07, 6.45) is -0.563. The zero-order valence-electron chi connectivity index (χ0n) is 9.89. The van der Waals surface area contributed by atoms with E-state index in [4.69, 9.17) is 9.84 Å². The monoisotopic (exact) mass is 231 g/mol. The van der Waals surface area contributed by atoms with Gasteiger partial charge in [0.05, 0.1) is 0 Å². The first kappa shape index (κ1) is 14.4. The lowest BCUT2D eigenvalue weighted by Crippen LogP contribution is -2.45. The predicted octanol–water partition coefficient (Wildman–Crippen LogP) is 0.896. The van der Waals surface area contributed by atoms with Gasteiger partial charge in [-0.25, -0.2) is 9.59 Å². The number of carbonyl (C=O) groups is 3. The summed E-state index contributed by atoms with van der Waals surface area (Å²) in [4.78, 5) is 33.5. The summed E-state index contributed by atoms with van der Waals surface area (Å²) < 4.78 is 4.98. The SMILES string of the molecule is CN(C(=O)OC(C)(C)C)[C@H](CC=O)C(=O)O. The van der Waals surface area contributed by atoms with Crippen molar-refractivity contribution in [1.29, 1.82) is 0 Å². The van der Waals surface area contributed by atoms with E-state index in [1.807, 2.05) is 0 Å². The number of hydrogen-bond donors (Lipinski definition) is 1. The van der Waals surface area contributed by atoms with Crippen LogP contribution in [0.5, 0.6) is 0 Å². The molecule has 6 heteroatoms. The molecule has 1 N–H and O–H groups in total. The number of aldehydes is 1. The van der Waals surface area contributed by atoms with Gasteiger partial charge in [0.25, 0.3) is 0 Å². The first-order valence-electron chi connectivity index (χ1n) is 4.81. The van der Waals surface area contributed by atoms with Crippen molar-refractivity contribution in [2.45, 2.75) is 38.8 Å². The van der Waals surface area contributed by atoms with E-state index < -0.39 is 23.7 Å². The molecule has 0 aliphatic carbocycles. The van der Waals surface area contributed by atoms with Crippen LogP contribution in [0.15, 0.2) is 0 Å². The molecule has 0 unspecified atom stereocenters. The van der Waals surface area contributed by atoms with Crippen molar-refractivity contribution in [1.82, 2.24) is 4.90 Å². The third-order valence-electron chi connectivity index (χ3n) is 1.75. The van der Waals surface area contributed by atoms with Crippen LogP contribution >= 0.6 is 0 Å². The highest BCUT2D eigenvalue weighted by molar-refractivity contribution is 5.82. The normalized spacial score (nSPS) is 12.8. The fourth-order valence-electron chi connectivity index (χ4n) is 0.977. The molecule has 6 nitrogen and oxygen atoms in total. The van der Waals surface area contributed by atoms with E-state index in [0.29, 0.717) is 6.29 Å². The average Bonchev–Trinajstić information content (AvgIpc) is 2.09. The number of carboxylic acid groups (broad SMARTS) is 1. The Hall–Kier alpha value is -1.59. The molecule has 0 fully saturated rings. The fraction of sp³-hybridized carbons (Fsp3) is 0.700. The van der Waals surface area contributed by atoms with E-state index in [1.54, 1.807) is 20.8 Å². The second kappa shape index (κ2) is 5.48. The Morgan fingerprint density at radius 3 is 2.25 bits per heavy atom. The molecular weight excluding hydrogens is 214 g/mol. The molecule has 0 heterocycles. The molecule has 0 bridgehead atoms. The van der Waals surface area contributed by atoms with E-state index in [1.165, 1.54) is 7.05 Å². The molecule has 0 aromatic rings. The Morgan fingerprint density at radius 1 is 1.44 bits per heavy atom. The van der Waals surface area contributed by atoms with Crippen LogP contribution in [-0.4, -0.2) is 47.0 Å². The van der Waals surface area contributed by atoms with Gasteiger partial charge >= 0.3 is 12.1 Å². The van der Waals surface area contributed by atoms with Crippen molar-refractivity contribution in [2.75, 3.05) is 7.05 Å². The number of ether oxygens (including phenoxy) is 1. The van der Waals surface area contributed by atoms with Gasteiger partial charge in [0.1, 0.15) is 17.9 Å². The van der Waals surface area contributed by atoms with Gasteiger partial charge in [0.2, 0.25) is 0 Å². The number of amides is 1. The smallest absolute Gasteiger partial charge is 0.410 e. The minimum absolute atomic E-state index is 0.259. The lowest BCUT2D eigenvalue weighted by molar-refractivity contribution is -0.143.